The van der Waals surface area contributed by atoms with Gasteiger partial charge >= 0.3 is 6.09 Å². The molecule has 0 saturated heterocycles. The highest BCUT2D eigenvalue weighted by atomic mass is 35.5. The molecule has 3 rings (SSSR count). The molecule has 1 heterocycles. The molecular formula is C26H28ClF2N3O5. The van der Waals surface area contributed by atoms with E-state index in [2.05, 4.69) is 10.5 Å². The van der Waals surface area contributed by atoms with E-state index in [1.165, 1.54) is 48.3 Å². The lowest BCUT2D eigenvalue weighted by atomic mass is 9.98. The zero-order valence-electron chi connectivity index (χ0n) is 20.6. The summed E-state index contributed by atoms with van der Waals surface area (Å²) in [4.78, 5) is 26.6. The monoisotopic (exact) mass is 535 g/mol. The quantitative estimate of drug-likeness (QED) is 0.358. The number of ether oxygens (including phenoxy) is 1. The number of aryl methyl sites for hydroxylation is 1. The standard InChI is InChI=1S/C26H28ClF2N3O5/c1-26(2,35)14-19(32(3)23(33)11-10-16-6-5-9-20(29)24(16)27)15-36-25(34)30-22-13-21(37-31-22)17-7-4-8-18(28)12-17/h4-9,12-13,19,35H,10-11,14-15H2,1-3H3,(H,30,31,34)/t19-/m0/s1. The SMILES string of the molecule is CN(C(=O)CCc1cccc(F)c1Cl)[C@H](COC(=O)Nc1cc(-c2cccc(F)c2)on1)CC(C)(C)O. The first kappa shape index (κ1) is 28.1. The molecule has 1 atom stereocenters. The molecule has 0 saturated carbocycles. The Hall–Kier alpha value is -3.50. The van der Waals surface area contributed by atoms with E-state index in [9.17, 15) is 23.5 Å². The Morgan fingerprint density at radius 3 is 2.65 bits per heavy atom. The van der Waals surface area contributed by atoms with Crippen LogP contribution in [0.4, 0.5) is 19.4 Å². The van der Waals surface area contributed by atoms with Gasteiger partial charge in [0, 0.05) is 25.1 Å². The molecule has 11 heteroatoms. The third-order valence-corrected chi connectivity index (χ3v) is 6.00. The second-order valence-corrected chi connectivity index (χ2v) is 9.58. The van der Waals surface area contributed by atoms with Crippen molar-refractivity contribution in [2.45, 2.75) is 44.8 Å². The van der Waals surface area contributed by atoms with Gasteiger partial charge in [0.15, 0.2) is 11.6 Å². The van der Waals surface area contributed by atoms with Gasteiger partial charge in [-0.1, -0.05) is 41.0 Å². The molecule has 0 radical (unpaired) electrons. The number of hydrogen-bond acceptors (Lipinski definition) is 6. The lowest BCUT2D eigenvalue weighted by Crippen LogP contribution is -2.45. The largest absolute Gasteiger partial charge is 0.447 e. The molecule has 1 aromatic heterocycles. The van der Waals surface area contributed by atoms with Crippen LogP contribution in [0.5, 0.6) is 0 Å². The van der Waals surface area contributed by atoms with Crippen LogP contribution in [0.25, 0.3) is 11.3 Å². The maximum absolute atomic E-state index is 13.7. The number of nitrogens with one attached hydrogen (secondary N) is 1. The van der Waals surface area contributed by atoms with E-state index in [-0.39, 0.29) is 48.4 Å². The number of likely N-dealkylation sites (N-methyl/N-ethyl adjacent to an activating group) is 1. The number of aromatic nitrogens is 1. The molecule has 0 aliphatic heterocycles. The van der Waals surface area contributed by atoms with Gasteiger partial charge in [-0.25, -0.2) is 13.6 Å². The van der Waals surface area contributed by atoms with Gasteiger partial charge in [-0.2, -0.15) is 0 Å². The van der Waals surface area contributed by atoms with Crippen LogP contribution in [0.1, 0.15) is 32.3 Å². The Balaban J connectivity index is 1.59. The van der Waals surface area contributed by atoms with E-state index >= 15 is 0 Å². The summed E-state index contributed by atoms with van der Waals surface area (Å²) in [6.45, 7) is 2.94. The summed E-state index contributed by atoms with van der Waals surface area (Å²) in [6.07, 6.45) is -0.476. The molecule has 8 nitrogen and oxygen atoms in total. The Morgan fingerprint density at radius 1 is 1.22 bits per heavy atom. The Morgan fingerprint density at radius 2 is 1.95 bits per heavy atom. The van der Waals surface area contributed by atoms with E-state index in [0.29, 0.717) is 11.1 Å². The third-order valence-electron chi connectivity index (χ3n) is 5.57. The topological polar surface area (TPSA) is 105 Å². The maximum Gasteiger partial charge on any atom is 0.412 e. The molecule has 0 fully saturated rings. The number of benzene rings is 2. The van der Waals surface area contributed by atoms with Crippen molar-refractivity contribution in [3.63, 3.8) is 0 Å². The van der Waals surface area contributed by atoms with Crippen molar-refractivity contribution in [1.29, 1.82) is 0 Å². The number of anilines is 1. The molecule has 2 aromatic carbocycles. The van der Waals surface area contributed by atoms with E-state index in [1.807, 2.05) is 0 Å². The van der Waals surface area contributed by atoms with Crippen LogP contribution in [0.15, 0.2) is 53.1 Å². The van der Waals surface area contributed by atoms with Crippen LogP contribution in [0.2, 0.25) is 5.02 Å². The predicted molar refractivity (Wildman–Crippen MR) is 134 cm³/mol. The fourth-order valence-corrected chi connectivity index (χ4v) is 3.89. The average molecular weight is 536 g/mol. The minimum absolute atomic E-state index is 0.0283. The first-order valence-electron chi connectivity index (χ1n) is 11.5. The van der Waals surface area contributed by atoms with Gasteiger partial charge in [-0.15, -0.1) is 0 Å². The van der Waals surface area contributed by atoms with Gasteiger partial charge in [0.1, 0.15) is 18.2 Å². The molecule has 0 unspecified atom stereocenters. The van der Waals surface area contributed by atoms with Gasteiger partial charge in [0.2, 0.25) is 5.91 Å². The van der Waals surface area contributed by atoms with Gasteiger partial charge in [0.05, 0.1) is 16.7 Å². The number of hydrogen-bond donors (Lipinski definition) is 2. The number of nitrogens with zero attached hydrogens (tertiary/aromatic N) is 2. The van der Waals surface area contributed by atoms with Gasteiger partial charge < -0.3 is 19.3 Å². The zero-order valence-corrected chi connectivity index (χ0v) is 21.4. The van der Waals surface area contributed by atoms with Crippen molar-refractivity contribution >= 4 is 29.4 Å². The van der Waals surface area contributed by atoms with Crippen LogP contribution in [0.3, 0.4) is 0 Å². The molecule has 198 valence electrons. The number of carbonyl (C=O) groups is 2. The normalized spacial score (nSPS) is 12.2. The van der Waals surface area contributed by atoms with Crippen LogP contribution >= 0.6 is 11.6 Å². The first-order chi connectivity index (χ1) is 17.4. The number of rotatable bonds is 10. The van der Waals surface area contributed by atoms with Gasteiger partial charge in [0.25, 0.3) is 0 Å². The molecule has 0 spiro atoms. The smallest absolute Gasteiger partial charge is 0.412 e. The van der Waals surface area contributed by atoms with E-state index in [0.717, 1.165) is 0 Å². The lowest BCUT2D eigenvalue weighted by Gasteiger charge is -2.32. The van der Waals surface area contributed by atoms with Gasteiger partial charge in [-0.05, 0) is 50.5 Å². The minimum Gasteiger partial charge on any atom is -0.447 e. The fraction of sp³-hybridized carbons (Fsp3) is 0.346. The second kappa shape index (κ2) is 12.2. The zero-order chi connectivity index (χ0) is 27.2. The summed E-state index contributed by atoms with van der Waals surface area (Å²) in [5.74, 6) is -0.999. The highest BCUT2D eigenvalue weighted by Crippen LogP contribution is 2.24. The Kier molecular flexibility index (Phi) is 9.23. The second-order valence-electron chi connectivity index (χ2n) is 9.20. The van der Waals surface area contributed by atoms with Crippen molar-refractivity contribution in [2.24, 2.45) is 0 Å². The molecule has 2 N–H and O–H groups in total. The van der Waals surface area contributed by atoms with Crippen LogP contribution in [-0.4, -0.2) is 52.5 Å². The highest BCUT2D eigenvalue weighted by molar-refractivity contribution is 6.31. The van der Waals surface area contributed by atoms with Crippen molar-refractivity contribution in [1.82, 2.24) is 10.1 Å². The number of aliphatic hydroxyl groups is 1. The molecule has 3 aromatic rings. The van der Waals surface area contributed by atoms with Crippen molar-refractivity contribution in [3.05, 3.63) is 70.8 Å². The summed E-state index contributed by atoms with van der Waals surface area (Å²) in [7, 11) is 1.54. The summed E-state index contributed by atoms with van der Waals surface area (Å²) in [5.41, 5.74) is -0.209. The highest BCUT2D eigenvalue weighted by Gasteiger charge is 2.28. The summed E-state index contributed by atoms with van der Waals surface area (Å²) < 4.78 is 37.5. The van der Waals surface area contributed by atoms with Gasteiger partial charge in [-0.3, -0.25) is 10.1 Å². The molecular weight excluding hydrogens is 508 g/mol. The van der Waals surface area contributed by atoms with Crippen LogP contribution in [-0.2, 0) is 16.0 Å². The van der Waals surface area contributed by atoms with E-state index < -0.39 is 29.4 Å². The first-order valence-corrected chi connectivity index (χ1v) is 11.9. The van der Waals surface area contributed by atoms with Crippen molar-refractivity contribution in [2.75, 3.05) is 19.0 Å². The maximum atomic E-state index is 13.7. The third kappa shape index (κ3) is 8.26. The molecule has 0 aliphatic carbocycles. The Labute approximate surface area is 218 Å². The molecule has 0 aliphatic rings. The van der Waals surface area contributed by atoms with Crippen molar-refractivity contribution < 1.29 is 32.7 Å². The molecule has 0 bridgehead atoms. The predicted octanol–water partition coefficient (Wildman–Crippen LogP) is 5.44. The summed E-state index contributed by atoms with van der Waals surface area (Å²) in [5, 5.41) is 16.4. The van der Waals surface area contributed by atoms with E-state index in [4.69, 9.17) is 20.9 Å². The average Bonchev–Trinajstić information content (AvgIpc) is 3.29. The number of halogens is 3. The fourth-order valence-electron chi connectivity index (χ4n) is 3.67. The summed E-state index contributed by atoms with van der Waals surface area (Å²) >= 11 is 5.97. The van der Waals surface area contributed by atoms with Crippen molar-refractivity contribution in [3.8, 4) is 11.3 Å². The molecule has 37 heavy (non-hydrogen) atoms. The lowest BCUT2D eigenvalue weighted by molar-refractivity contribution is -0.134. The Bertz CT molecular complexity index is 1240. The van der Waals surface area contributed by atoms with E-state index in [1.54, 1.807) is 26.0 Å². The van der Waals surface area contributed by atoms with Crippen LogP contribution < -0.4 is 5.32 Å². The number of carbonyl (C=O) groups excluding carboxylic acids is 2. The minimum atomic E-state index is -1.16. The van der Waals surface area contributed by atoms with Crippen LogP contribution in [0, 0.1) is 11.6 Å². The summed E-state index contributed by atoms with van der Waals surface area (Å²) in [6, 6.07) is 10.9. The molecule has 2 amide bonds. The number of amides is 2.